The molecule has 13 aromatic rings. The number of hydrogen-bond acceptors (Lipinski definition) is 2. The molecule has 3 heteroatoms. The maximum atomic E-state index is 7.04. The SMILES string of the molecule is c1ccc(-c2ccc(-c3ccc(N(c4ccc(-c5ccc6ccccc6c5)cc4)c4ccc(-c5ccccc5-n5c6ccccc6c6ccccc65)c5oc6ccccc6c45)cc3)cc2)cc1. The van der Waals surface area contributed by atoms with Crippen LogP contribution in [0.2, 0.25) is 0 Å². The van der Waals surface area contributed by atoms with Crippen molar-refractivity contribution >= 4 is 71.6 Å². The Bertz CT molecular complexity index is 3900. The molecule has 0 aliphatic rings. The molecule has 2 aromatic heterocycles. The Balaban J connectivity index is 0.984. The Kier molecular flexibility index (Phi) is 9.17. The Morgan fingerprint density at radius 2 is 0.821 bits per heavy atom. The first-order valence-corrected chi connectivity index (χ1v) is 22.9. The lowest BCUT2D eigenvalue weighted by Crippen LogP contribution is -2.10. The second-order valence-corrected chi connectivity index (χ2v) is 17.3. The first-order valence-electron chi connectivity index (χ1n) is 22.9. The highest BCUT2D eigenvalue weighted by Gasteiger charge is 2.24. The second-order valence-electron chi connectivity index (χ2n) is 17.3. The quantitative estimate of drug-likeness (QED) is 0.152. The van der Waals surface area contributed by atoms with Gasteiger partial charge in [-0.25, -0.2) is 0 Å². The first kappa shape index (κ1) is 38.5. The van der Waals surface area contributed by atoms with E-state index in [1.165, 1.54) is 60.4 Å². The van der Waals surface area contributed by atoms with Crippen LogP contribution in [0.3, 0.4) is 0 Å². The van der Waals surface area contributed by atoms with Crippen LogP contribution in [0.4, 0.5) is 17.1 Å². The van der Waals surface area contributed by atoms with E-state index < -0.39 is 0 Å². The summed E-state index contributed by atoms with van der Waals surface area (Å²) in [5, 5.41) is 7.06. The topological polar surface area (TPSA) is 21.3 Å². The Hall–Kier alpha value is -8.92. The van der Waals surface area contributed by atoms with E-state index in [2.05, 4.69) is 264 Å². The lowest BCUT2D eigenvalue weighted by molar-refractivity contribution is 0.670. The normalized spacial score (nSPS) is 11.6. The van der Waals surface area contributed by atoms with Crippen LogP contribution in [0.15, 0.2) is 259 Å². The highest BCUT2D eigenvalue weighted by atomic mass is 16.3. The van der Waals surface area contributed by atoms with Gasteiger partial charge in [0, 0.05) is 38.7 Å². The van der Waals surface area contributed by atoms with Gasteiger partial charge in [0.05, 0.1) is 27.8 Å². The number of nitrogens with zero attached hydrogens (tertiary/aromatic N) is 2. The van der Waals surface area contributed by atoms with Gasteiger partial charge < -0.3 is 13.9 Å². The minimum atomic E-state index is 0.847. The molecule has 0 spiro atoms. The van der Waals surface area contributed by atoms with Gasteiger partial charge in [-0.05, 0) is 111 Å². The van der Waals surface area contributed by atoms with Gasteiger partial charge in [-0.2, -0.15) is 0 Å². The number of hydrogen-bond donors (Lipinski definition) is 0. The zero-order valence-electron chi connectivity index (χ0n) is 36.6. The van der Waals surface area contributed by atoms with E-state index in [4.69, 9.17) is 4.42 Å². The van der Waals surface area contributed by atoms with Gasteiger partial charge in [-0.1, -0.05) is 188 Å². The summed E-state index contributed by atoms with van der Waals surface area (Å²) in [6.07, 6.45) is 0. The van der Waals surface area contributed by atoms with Gasteiger partial charge in [0.2, 0.25) is 0 Å². The molecule has 0 fully saturated rings. The fourth-order valence-corrected chi connectivity index (χ4v) is 10.2. The monoisotopic (exact) mass is 854 g/mol. The van der Waals surface area contributed by atoms with Gasteiger partial charge in [0.1, 0.15) is 11.2 Å². The van der Waals surface area contributed by atoms with Crippen molar-refractivity contribution < 1.29 is 4.42 Å². The number of furan rings is 1. The average molecular weight is 855 g/mol. The summed E-state index contributed by atoms with van der Waals surface area (Å²) in [5.41, 5.74) is 17.5. The van der Waals surface area contributed by atoms with Crippen molar-refractivity contribution in [1.82, 2.24) is 4.57 Å². The molecule has 0 amide bonds. The summed E-state index contributed by atoms with van der Waals surface area (Å²) < 4.78 is 9.45. The standard InChI is InChI=1S/C64H42N2O/c1-2-14-43(15-3-1)45-26-28-46(29-27-45)47-32-36-51(37-33-47)65(52-38-34-48(35-39-52)50-31-30-44-16-4-5-17-49(44)42-50)61-41-40-56(64-63(61)57-21-9-13-25-62(57)67-64)55-20-8-12-24-60(55)66-58-22-10-6-18-53(58)54-19-7-11-23-59(54)66/h1-42H. The van der Waals surface area contributed by atoms with Crippen molar-refractivity contribution in [3.63, 3.8) is 0 Å². The molecular formula is C64H42N2O. The molecule has 11 aromatic carbocycles. The van der Waals surface area contributed by atoms with Crippen LogP contribution in [-0.2, 0) is 0 Å². The van der Waals surface area contributed by atoms with Gasteiger partial charge in [0.25, 0.3) is 0 Å². The summed E-state index contributed by atoms with van der Waals surface area (Å²) in [4.78, 5) is 2.39. The fourth-order valence-electron chi connectivity index (χ4n) is 10.2. The molecule has 0 radical (unpaired) electrons. The van der Waals surface area contributed by atoms with Crippen LogP contribution < -0.4 is 4.90 Å². The molecule has 0 atom stereocenters. The van der Waals surface area contributed by atoms with E-state index in [0.717, 1.165) is 61.4 Å². The number of rotatable bonds is 8. The zero-order valence-corrected chi connectivity index (χ0v) is 36.6. The fraction of sp³-hybridized carbons (Fsp3) is 0. The Morgan fingerprint density at radius 1 is 0.328 bits per heavy atom. The van der Waals surface area contributed by atoms with Gasteiger partial charge in [0.15, 0.2) is 0 Å². The van der Waals surface area contributed by atoms with Crippen molar-refractivity contribution in [3.05, 3.63) is 255 Å². The molecule has 0 bridgehead atoms. The molecule has 0 saturated heterocycles. The van der Waals surface area contributed by atoms with E-state index in [9.17, 15) is 0 Å². The third-order valence-electron chi connectivity index (χ3n) is 13.4. The van der Waals surface area contributed by atoms with Crippen molar-refractivity contribution in [2.24, 2.45) is 0 Å². The van der Waals surface area contributed by atoms with Crippen molar-refractivity contribution in [3.8, 4) is 50.2 Å². The van der Waals surface area contributed by atoms with Crippen LogP contribution in [0.5, 0.6) is 0 Å². The van der Waals surface area contributed by atoms with Crippen molar-refractivity contribution in [2.45, 2.75) is 0 Å². The predicted molar refractivity (Wildman–Crippen MR) is 282 cm³/mol. The number of benzene rings is 11. The van der Waals surface area contributed by atoms with Crippen LogP contribution in [0.25, 0.3) is 105 Å². The minimum absolute atomic E-state index is 0.847. The van der Waals surface area contributed by atoms with Gasteiger partial charge in [-0.15, -0.1) is 0 Å². The minimum Gasteiger partial charge on any atom is -0.455 e. The predicted octanol–water partition coefficient (Wildman–Crippen LogP) is 18.0. The number of aromatic nitrogens is 1. The summed E-state index contributed by atoms with van der Waals surface area (Å²) in [6, 6.07) is 91.8. The zero-order chi connectivity index (χ0) is 44.3. The lowest BCUT2D eigenvalue weighted by Gasteiger charge is -2.27. The molecule has 13 rings (SSSR count). The molecule has 0 N–H and O–H groups in total. The number of anilines is 3. The van der Waals surface area contributed by atoms with E-state index in [-0.39, 0.29) is 0 Å². The smallest absolute Gasteiger partial charge is 0.145 e. The summed E-state index contributed by atoms with van der Waals surface area (Å²) in [6.45, 7) is 0. The summed E-state index contributed by atoms with van der Waals surface area (Å²) in [7, 11) is 0. The molecule has 3 nitrogen and oxygen atoms in total. The molecule has 0 aliphatic carbocycles. The first-order chi connectivity index (χ1) is 33.2. The highest BCUT2D eigenvalue weighted by Crippen LogP contribution is 2.48. The van der Waals surface area contributed by atoms with Crippen LogP contribution in [0.1, 0.15) is 0 Å². The van der Waals surface area contributed by atoms with Crippen molar-refractivity contribution in [2.75, 3.05) is 4.90 Å². The summed E-state index contributed by atoms with van der Waals surface area (Å²) in [5.74, 6) is 0. The van der Waals surface area contributed by atoms with E-state index in [1.807, 2.05) is 0 Å². The third-order valence-corrected chi connectivity index (χ3v) is 13.4. The van der Waals surface area contributed by atoms with Gasteiger partial charge >= 0.3 is 0 Å². The second kappa shape index (κ2) is 16.0. The van der Waals surface area contributed by atoms with E-state index in [1.54, 1.807) is 0 Å². The van der Waals surface area contributed by atoms with E-state index >= 15 is 0 Å². The maximum Gasteiger partial charge on any atom is 0.145 e. The largest absolute Gasteiger partial charge is 0.455 e. The Labute approximate surface area is 388 Å². The van der Waals surface area contributed by atoms with Gasteiger partial charge in [-0.3, -0.25) is 0 Å². The van der Waals surface area contributed by atoms with Crippen LogP contribution >= 0.6 is 0 Å². The highest BCUT2D eigenvalue weighted by molar-refractivity contribution is 6.18. The van der Waals surface area contributed by atoms with Crippen molar-refractivity contribution in [1.29, 1.82) is 0 Å². The molecule has 67 heavy (non-hydrogen) atoms. The Morgan fingerprint density at radius 3 is 1.49 bits per heavy atom. The van der Waals surface area contributed by atoms with Crippen LogP contribution in [-0.4, -0.2) is 4.57 Å². The molecule has 314 valence electrons. The van der Waals surface area contributed by atoms with E-state index in [0.29, 0.717) is 0 Å². The summed E-state index contributed by atoms with van der Waals surface area (Å²) >= 11 is 0. The molecule has 0 unspecified atom stereocenters. The van der Waals surface area contributed by atoms with Crippen LogP contribution in [0, 0.1) is 0 Å². The molecular weight excluding hydrogens is 813 g/mol. The molecule has 0 saturated carbocycles. The molecule has 0 aliphatic heterocycles. The molecule has 2 heterocycles. The third kappa shape index (κ3) is 6.59. The lowest BCUT2D eigenvalue weighted by atomic mass is 9.97. The number of para-hydroxylation sites is 4. The number of fused-ring (bicyclic) bond motifs is 7. The average Bonchev–Trinajstić information content (AvgIpc) is 3.96. The maximum absolute atomic E-state index is 7.04.